The number of amides is 1. The molecule has 178 valence electrons. The largest absolute Gasteiger partial charge is 0.383 e. The molecular weight excluding hydrogens is 456 g/mol. The van der Waals surface area contributed by atoms with Gasteiger partial charge in [-0.2, -0.15) is 4.98 Å². The van der Waals surface area contributed by atoms with Crippen LogP contribution in [0.4, 0.5) is 17.3 Å². The zero-order valence-electron chi connectivity index (χ0n) is 19.3. The molecule has 10 nitrogen and oxygen atoms in total. The number of fused-ring (bicyclic) bond motifs is 1. The molecule has 1 aliphatic carbocycles. The van der Waals surface area contributed by atoms with Crippen molar-refractivity contribution in [3.63, 3.8) is 0 Å². The van der Waals surface area contributed by atoms with E-state index in [0.29, 0.717) is 34.2 Å². The maximum Gasteiger partial charge on any atom is 0.265 e. The van der Waals surface area contributed by atoms with Gasteiger partial charge in [0.2, 0.25) is 0 Å². The van der Waals surface area contributed by atoms with E-state index in [1.165, 1.54) is 6.33 Å². The van der Waals surface area contributed by atoms with Crippen LogP contribution in [0, 0.1) is 0 Å². The van der Waals surface area contributed by atoms with Gasteiger partial charge >= 0.3 is 0 Å². The highest BCUT2D eigenvalue weighted by atomic mass is 35.5. The molecule has 1 aliphatic heterocycles. The number of aromatic nitrogens is 4. The summed E-state index contributed by atoms with van der Waals surface area (Å²) in [5, 5.41) is 7.96. The van der Waals surface area contributed by atoms with E-state index >= 15 is 0 Å². The lowest BCUT2D eigenvalue weighted by molar-refractivity contribution is 0.0612. The molecule has 0 bridgehead atoms. The molecule has 11 heteroatoms. The number of aryl methyl sites for hydroxylation is 1. The van der Waals surface area contributed by atoms with Crippen LogP contribution in [0.15, 0.2) is 29.0 Å². The van der Waals surface area contributed by atoms with Gasteiger partial charge in [-0.25, -0.2) is 9.97 Å². The van der Waals surface area contributed by atoms with E-state index in [2.05, 4.69) is 37.2 Å². The zero-order chi connectivity index (χ0) is 24.0. The molecule has 1 fully saturated rings. The van der Waals surface area contributed by atoms with E-state index in [9.17, 15) is 4.79 Å². The zero-order valence-corrected chi connectivity index (χ0v) is 20.1. The maximum atomic E-state index is 13.6. The van der Waals surface area contributed by atoms with Crippen molar-refractivity contribution in [3.05, 3.63) is 40.9 Å². The number of nitrogen functional groups attached to an aromatic ring is 1. The third-order valence-corrected chi connectivity index (χ3v) is 6.75. The molecule has 0 spiro atoms. The van der Waals surface area contributed by atoms with Crippen molar-refractivity contribution in [3.8, 4) is 11.5 Å². The lowest BCUT2D eigenvalue weighted by Gasteiger charge is -2.48. The van der Waals surface area contributed by atoms with Crippen molar-refractivity contribution in [2.24, 2.45) is 0 Å². The summed E-state index contributed by atoms with van der Waals surface area (Å²) in [4.78, 5) is 30.7. The fraction of sp³-hybridized carbons (Fsp3) is 0.435. The topological polar surface area (TPSA) is 126 Å². The monoisotopic (exact) mass is 482 g/mol. The van der Waals surface area contributed by atoms with Crippen LogP contribution in [-0.2, 0) is 6.42 Å². The van der Waals surface area contributed by atoms with Crippen LogP contribution >= 0.6 is 11.6 Å². The van der Waals surface area contributed by atoms with Crippen LogP contribution in [0.1, 0.15) is 49.3 Å². The number of halogens is 1. The summed E-state index contributed by atoms with van der Waals surface area (Å²) in [6.45, 7) is 4.01. The second-order valence-electron chi connectivity index (χ2n) is 8.61. The molecule has 3 N–H and O–H groups in total. The minimum absolute atomic E-state index is 0.0432. The van der Waals surface area contributed by atoms with E-state index in [1.54, 1.807) is 6.07 Å². The quantitative estimate of drug-likeness (QED) is 0.519. The van der Waals surface area contributed by atoms with Crippen molar-refractivity contribution >= 4 is 34.8 Å². The van der Waals surface area contributed by atoms with Crippen LogP contribution in [0.5, 0.6) is 0 Å². The first-order valence-electron chi connectivity index (χ1n) is 11.5. The number of nitrogens with one attached hydrogen (secondary N) is 1. The van der Waals surface area contributed by atoms with Gasteiger partial charge in [0, 0.05) is 19.5 Å². The maximum absolute atomic E-state index is 13.6. The smallest absolute Gasteiger partial charge is 0.265 e. The Balaban J connectivity index is 1.55. The van der Waals surface area contributed by atoms with E-state index in [-0.39, 0.29) is 35.9 Å². The molecule has 3 aromatic rings. The van der Waals surface area contributed by atoms with Crippen molar-refractivity contribution in [2.75, 3.05) is 23.0 Å². The van der Waals surface area contributed by atoms with E-state index in [1.807, 2.05) is 31.0 Å². The van der Waals surface area contributed by atoms with E-state index in [4.69, 9.17) is 21.9 Å². The molecule has 2 atom stereocenters. The van der Waals surface area contributed by atoms with Gasteiger partial charge in [-0.05, 0) is 31.4 Å². The van der Waals surface area contributed by atoms with Crippen molar-refractivity contribution < 1.29 is 9.32 Å². The Labute approximate surface area is 202 Å². The summed E-state index contributed by atoms with van der Waals surface area (Å²) >= 11 is 6.46. The summed E-state index contributed by atoms with van der Waals surface area (Å²) in [5.74, 6) is 1.51. The Morgan fingerprint density at radius 2 is 2.06 bits per heavy atom. The first-order valence-corrected chi connectivity index (χ1v) is 11.9. The third kappa shape index (κ3) is 3.71. The number of nitrogens with two attached hydrogens (primary N) is 1. The van der Waals surface area contributed by atoms with Crippen molar-refractivity contribution in [2.45, 2.75) is 57.8 Å². The first-order chi connectivity index (χ1) is 16.4. The number of hydrogen-bond acceptors (Lipinski definition) is 9. The number of nitrogens with zero attached hydrogens (tertiary/aromatic N) is 6. The van der Waals surface area contributed by atoms with Gasteiger partial charge in [0.15, 0.2) is 5.82 Å². The Morgan fingerprint density at radius 3 is 2.74 bits per heavy atom. The number of carbonyl (C=O) groups is 1. The molecule has 34 heavy (non-hydrogen) atoms. The summed E-state index contributed by atoms with van der Waals surface area (Å²) in [7, 11) is 1.99. The van der Waals surface area contributed by atoms with Gasteiger partial charge < -0.3 is 25.4 Å². The van der Waals surface area contributed by atoms with Crippen molar-refractivity contribution in [1.82, 2.24) is 25.0 Å². The molecule has 5 rings (SSSR count). The Kier molecular flexibility index (Phi) is 5.76. The molecule has 1 amide bonds. The third-order valence-electron chi connectivity index (χ3n) is 6.44. The molecule has 1 unspecified atom stereocenters. The van der Waals surface area contributed by atoms with Crippen LogP contribution in [0.25, 0.3) is 11.5 Å². The molecule has 0 radical (unpaired) electrons. The number of likely N-dealkylation sites (N-methyl/N-ethyl adjacent to an activating group) is 1. The minimum atomic E-state index is -0.256. The van der Waals surface area contributed by atoms with E-state index < -0.39 is 0 Å². The molecule has 1 saturated carbocycles. The van der Waals surface area contributed by atoms with Crippen LogP contribution in [0.3, 0.4) is 0 Å². The fourth-order valence-corrected chi connectivity index (χ4v) is 4.83. The highest BCUT2D eigenvalue weighted by Crippen LogP contribution is 2.42. The van der Waals surface area contributed by atoms with Crippen LogP contribution in [0.2, 0.25) is 5.02 Å². The SMILES string of the molecule is CCc1noc(-c2c(N)ncnc2N[C@@H](CC)C2N(C)c3cccc(Cl)c3C(=O)N2C2CC2)n1. The highest BCUT2D eigenvalue weighted by molar-refractivity contribution is 6.34. The normalized spacial score (nSPS) is 18.7. The number of anilines is 3. The number of hydrogen-bond donors (Lipinski definition) is 2. The van der Waals surface area contributed by atoms with E-state index in [0.717, 1.165) is 24.9 Å². The van der Waals surface area contributed by atoms with Gasteiger partial charge in [0.05, 0.1) is 22.3 Å². The number of benzene rings is 1. The van der Waals surface area contributed by atoms with Gasteiger partial charge in [0.25, 0.3) is 11.8 Å². The highest BCUT2D eigenvalue weighted by Gasteiger charge is 2.47. The summed E-state index contributed by atoms with van der Waals surface area (Å²) in [6.07, 6.45) is 4.43. The average Bonchev–Trinajstić information content (AvgIpc) is 3.56. The molecular formula is C23H27ClN8O2. The number of carbonyl (C=O) groups excluding carboxylic acids is 1. The lowest BCUT2D eigenvalue weighted by atomic mass is 10.00. The van der Waals surface area contributed by atoms with Crippen LogP contribution < -0.4 is 16.0 Å². The standard InChI is InChI=1S/C23H27ClN8O2/c1-4-14(28-20-18(19(25)26-11-27-20)21-29-16(5-2)30-34-21)22-31(3)15-8-6-7-13(24)17(15)23(33)32(22)12-9-10-12/h6-8,11-12,14,22H,4-5,9-10H2,1-3H3,(H3,25,26,27,28)/t14-,22?/m0/s1. The van der Waals surface area contributed by atoms with Gasteiger partial charge in [-0.3, -0.25) is 4.79 Å². The predicted octanol–water partition coefficient (Wildman–Crippen LogP) is 3.60. The Bertz CT molecular complexity index is 1230. The van der Waals surface area contributed by atoms with Crippen molar-refractivity contribution in [1.29, 1.82) is 0 Å². The second kappa shape index (κ2) is 8.75. The molecule has 3 heterocycles. The molecule has 2 aromatic heterocycles. The summed E-state index contributed by atoms with van der Waals surface area (Å²) in [5.41, 5.74) is 8.03. The Hall–Kier alpha value is -3.40. The van der Waals surface area contributed by atoms with Gasteiger partial charge in [-0.1, -0.05) is 36.7 Å². The summed E-state index contributed by atoms with van der Waals surface area (Å²) in [6, 6.07) is 5.56. The minimum Gasteiger partial charge on any atom is -0.383 e. The average molecular weight is 483 g/mol. The Morgan fingerprint density at radius 1 is 1.26 bits per heavy atom. The second-order valence-corrected chi connectivity index (χ2v) is 9.02. The first kappa shape index (κ1) is 22.4. The lowest BCUT2D eigenvalue weighted by Crippen LogP contribution is -2.61. The van der Waals surface area contributed by atoms with Crippen LogP contribution in [-0.4, -0.2) is 56.2 Å². The number of rotatable bonds is 7. The predicted molar refractivity (Wildman–Crippen MR) is 130 cm³/mol. The summed E-state index contributed by atoms with van der Waals surface area (Å²) < 4.78 is 5.44. The molecule has 1 aromatic carbocycles. The van der Waals surface area contributed by atoms with Gasteiger partial charge in [-0.15, -0.1) is 0 Å². The fourth-order valence-electron chi connectivity index (χ4n) is 4.58. The van der Waals surface area contributed by atoms with Gasteiger partial charge in [0.1, 0.15) is 29.7 Å². The molecule has 0 saturated heterocycles. The molecule has 2 aliphatic rings.